The first-order chi connectivity index (χ1) is 7.42. The van der Waals surface area contributed by atoms with Crippen LogP contribution in [-0.4, -0.2) is 18.5 Å². The van der Waals surface area contributed by atoms with Gasteiger partial charge in [-0.15, -0.1) is 0 Å². The molecule has 0 aromatic rings. The molecule has 0 aromatic carbocycles. The molecule has 0 bridgehead atoms. The van der Waals surface area contributed by atoms with Gasteiger partial charge in [-0.05, 0) is 24.2 Å². The first kappa shape index (κ1) is 13.3. The van der Waals surface area contributed by atoms with Gasteiger partial charge in [-0.3, -0.25) is 4.99 Å². The van der Waals surface area contributed by atoms with Crippen molar-refractivity contribution in [2.45, 2.75) is 59.4 Å². The van der Waals surface area contributed by atoms with E-state index >= 15 is 0 Å². The van der Waals surface area contributed by atoms with E-state index in [-0.39, 0.29) is 5.41 Å². The summed E-state index contributed by atoms with van der Waals surface area (Å²) in [6, 6.07) is 0.561. The second kappa shape index (κ2) is 5.55. The Kier molecular flexibility index (Phi) is 4.63. The minimum Gasteiger partial charge on any atom is -0.370 e. The molecule has 3 heteroatoms. The minimum absolute atomic E-state index is 0.224. The molecule has 0 aromatic heterocycles. The molecule has 16 heavy (non-hydrogen) atoms. The fourth-order valence-electron chi connectivity index (χ4n) is 1.80. The summed E-state index contributed by atoms with van der Waals surface area (Å²) in [5.41, 5.74) is 6.12. The molecular weight excluding hydrogens is 198 g/mol. The second-order valence-electron chi connectivity index (χ2n) is 5.97. The lowest BCUT2D eigenvalue weighted by molar-refractivity contribution is 0.261. The fraction of sp³-hybridized carbons (Fsp3) is 0.923. The highest BCUT2D eigenvalue weighted by molar-refractivity contribution is 5.78. The molecular formula is C13H27N3. The standard InChI is InChI=1S/C13H27N3/c1-10(2)13(3,4)9-15-12(14)16-11-7-5-6-8-11/h10-11H,5-9H2,1-4H3,(H3,14,15,16). The van der Waals surface area contributed by atoms with Crippen LogP contribution in [0.4, 0.5) is 0 Å². The van der Waals surface area contributed by atoms with Crippen LogP contribution in [0.1, 0.15) is 53.4 Å². The van der Waals surface area contributed by atoms with Crippen molar-refractivity contribution >= 4 is 5.96 Å². The van der Waals surface area contributed by atoms with Crippen LogP contribution < -0.4 is 11.1 Å². The Morgan fingerprint density at radius 2 is 1.94 bits per heavy atom. The van der Waals surface area contributed by atoms with E-state index in [9.17, 15) is 0 Å². The number of nitrogens with one attached hydrogen (secondary N) is 1. The van der Waals surface area contributed by atoms with Crippen LogP contribution in [0.25, 0.3) is 0 Å². The minimum atomic E-state index is 0.224. The zero-order valence-electron chi connectivity index (χ0n) is 11.2. The molecule has 1 rings (SSSR count). The molecule has 3 N–H and O–H groups in total. The third kappa shape index (κ3) is 4.03. The van der Waals surface area contributed by atoms with Crippen LogP contribution in [0.3, 0.4) is 0 Å². The SMILES string of the molecule is CC(C)C(C)(C)CN=C(N)NC1CCCC1. The van der Waals surface area contributed by atoms with Crippen LogP contribution in [-0.2, 0) is 0 Å². The van der Waals surface area contributed by atoms with Crippen molar-refractivity contribution in [3.63, 3.8) is 0 Å². The van der Waals surface area contributed by atoms with Crippen LogP contribution >= 0.6 is 0 Å². The maximum Gasteiger partial charge on any atom is 0.188 e. The van der Waals surface area contributed by atoms with E-state index in [1.165, 1.54) is 25.7 Å². The van der Waals surface area contributed by atoms with Crippen LogP contribution in [0, 0.1) is 11.3 Å². The van der Waals surface area contributed by atoms with Gasteiger partial charge in [0.2, 0.25) is 0 Å². The van der Waals surface area contributed by atoms with Crippen LogP contribution in [0.5, 0.6) is 0 Å². The fourth-order valence-corrected chi connectivity index (χ4v) is 1.80. The number of nitrogens with two attached hydrogens (primary N) is 1. The number of hydrogen-bond acceptors (Lipinski definition) is 1. The average Bonchev–Trinajstić information content (AvgIpc) is 2.67. The van der Waals surface area contributed by atoms with Crippen molar-refractivity contribution in [2.75, 3.05) is 6.54 Å². The molecule has 0 spiro atoms. The summed E-state index contributed by atoms with van der Waals surface area (Å²) in [5.74, 6) is 1.25. The van der Waals surface area contributed by atoms with Gasteiger partial charge in [0, 0.05) is 12.6 Å². The normalized spacial score (nSPS) is 19.4. The van der Waals surface area contributed by atoms with Crippen molar-refractivity contribution in [2.24, 2.45) is 22.1 Å². The molecule has 0 saturated heterocycles. The van der Waals surface area contributed by atoms with Gasteiger partial charge in [-0.1, -0.05) is 40.5 Å². The maximum atomic E-state index is 5.90. The summed E-state index contributed by atoms with van der Waals surface area (Å²) in [7, 11) is 0. The Labute approximate surface area is 99.9 Å². The summed E-state index contributed by atoms with van der Waals surface area (Å²) < 4.78 is 0. The Morgan fingerprint density at radius 1 is 1.38 bits per heavy atom. The zero-order chi connectivity index (χ0) is 12.2. The smallest absolute Gasteiger partial charge is 0.188 e. The molecule has 0 unspecified atom stereocenters. The van der Waals surface area contributed by atoms with Crippen molar-refractivity contribution in [1.82, 2.24) is 5.32 Å². The molecule has 3 nitrogen and oxygen atoms in total. The number of hydrogen-bond donors (Lipinski definition) is 2. The van der Waals surface area contributed by atoms with E-state index in [1.54, 1.807) is 0 Å². The summed E-state index contributed by atoms with van der Waals surface area (Å²) in [4.78, 5) is 4.46. The number of aliphatic imine (C=N–C) groups is 1. The lowest BCUT2D eigenvalue weighted by Crippen LogP contribution is -2.39. The monoisotopic (exact) mass is 225 g/mol. The van der Waals surface area contributed by atoms with E-state index < -0.39 is 0 Å². The Balaban J connectivity index is 2.38. The topological polar surface area (TPSA) is 50.4 Å². The molecule has 94 valence electrons. The maximum absolute atomic E-state index is 5.90. The van der Waals surface area contributed by atoms with Gasteiger partial charge in [0.25, 0.3) is 0 Å². The highest BCUT2D eigenvalue weighted by atomic mass is 15.1. The van der Waals surface area contributed by atoms with Crippen LogP contribution in [0.15, 0.2) is 4.99 Å². The van der Waals surface area contributed by atoms with Crippen molar-refractivity contribution < 1.29 is 0 Å². The predicted molar refractivity (Wildman–Crippen MR) is 70.5 cm³/mol. The van der Waals surface area contributed by atoms with E-state index in [1.807, 2.05) is 0 Å². The predicted octanol–water partition coefficient (Wildman–Crippen LogP) is 2.52. The molecule has 0 aliphatic heterocycles. The van der Waals surface area contributed by atoms with Gasteiger partial charge in [0.05, 0.1) is 0 Å². The summed E-state index contributed by atoms with van der Waals surface area (Å²) >= 11 is 0. The summed E-state index contributed by atoms with van der Waals surface area (Å²) in [5, 5.41) is 3.32. The van der Waals surface area contributed by atoms with Crippen molar-refractivity contribution in [3.8, 4) is 0 Å². The second-order valence-corrected chi connectivity index (χ2v) is 5.97. The highest BCUT2D eigenvalue weighted by Gasteiger charge is 2.22. The molecule has 1 fully saturated rings. The molecule has 0 heterocycles. The zero-order valence-corrected chi connectivity index (χ0v) is 11.2. The molecule has 1 aliphatic carbocycles. The van der Waals surface area contributed by atoms with Gasteiger partial charge >= 0.3 is 0 Å². The van der Waals surface area contributed by atoms with Gasteiger partial charge in [-0.25, -0.2) is 0 Å². The Morgan fingerprint density at radius 3 is 2.44 bits per heavy atom. The first-order valence-electron chi connectivity index (χ1n) is 6.48. The summed E-state index contributed by atoms with van der Waals surface area (Å²) in [6.45, 7) is 9.75. The van der Waals surface area contributed by atoms with Gasteiger partial charge in [-0.2, -0.15) is 0 Å². The Hall–Kier alpha value is -0.730. The van der Waals surface area contributed by atoms with Crippen molar-refractivity contribution in [1.29, 1.82) is 0 Å². The average molecular weight is 225 g/mol. The van der Waals surface area contributed by atoms with Gasteiger partial charge in [0.1, 0.15) is 0 Å². The molecule has 0 atom stereocenters. The molecule has 1 aliphatic rings. The quantitative estimate of drug-likeness (QED) is 0.570. The van der Waals surface area contributed by atoms with Crippen LogP contribution in [0.2, 0.25) is 0 Å². The lowest BCUT2D eigenvalue weighted by atomic mass is 9.81. The first-order valence-corrected chi connectivity index (χ1v) is 6.48. The third-order valence-corrected chi connectivity index (χ3v) is 3.93. The number of nitrogens with zero attached hydrogens (tertiary/aromatic N) is 1. The van der Waals surface area contributed by atoms with Gasteiger partial charge < -0.3 is 11.1 Å². The highest BCUT2D eigenvalue weighted by Crippen LogP contribution is 2.26. The Bertz CT molecular complexity index is 238. The number of guanidine groups is 1. The van der Waals surface area contributed by atoms with E-state index in [4.69, 9.17) is 5.73 Å². The molecule has 0 radical (unpaired) electrons. The van der Waals surface area contributed by atoms with Crippen molar-refractivity contribution in [3.05, 3.63) is 0 Å². The largest absolute Gasteiger partial charge is 0.370 e. The molecule has 1 saturated carbocycles. The number of rotatable bonds is 4. The summed E-state index contributed by atoms with van der Waals surface area (Å²) in [6.07, 6.45) is 5.12. The lowest BCUT2D eigenvalue weighted by Gasteiger charge is -2.27. The van der Waals surface area contributed by atoms with E-state index in [0.29, 0.717) is 17.9 Å². The molecule has 0 amide bonds. The van der Waals surface area contributed by atoms with Gasteiger partial charge in [0.15, 0.2) is 5.96 Å². The van der Waals surface area contributed by atoms with E-state index in [0.717, 1.165) is 6.54 Å². The third-order valence-electron chi connectivity index (χ3n) is 3.93. The van der Waals surface area contributed by atoms with E-state index in [2.05, 4.69) is 38.0 Å².